The minimum atomic E-state index is -0.668. The van der Waals surface area contributed by atoms with E-state index < -0.39 is 12.0 Å². The van der Waals surface area contributed by atoms with E-state index in [1.165, 1.54) is 10.5 Å². The van der Waals surface area contributed by atoms with Crippen molar-refractivity contribution < 1.29 is 19.0 Å². The molecule has 2 bridgehead atoms. The molecule has 0 aromatic heterocycles. The number of nitrogens with zero attached hydrogens (tertiary/aromatic N) is 2. The number of urea groups is 1. The van der Waals surface area contributed by atoms with Gasteiger partial charge in [0.05, 0.1) is 0 Å². The van der Waals surface area contributed by atoms with Crippen molar-refractivity contribution in [3.63, 3.8) is 0 Å². The summed E-state index contributed by atoms with van der Waals surface area (Å²) in [6.07, 6.45) is -1.09. The first-order valence-corrected chi connectivity index (χ1v) is 11.3. The number of hydrogen-bond acceptors (Lipinski definition) is 6. The van der Waals surface area contributed by atoms with Gasteiger partial charge in [-0.2, -0.15) is 0 Å². The van der Waals surface area contributed by atoms with Crippen LogP contribution in [0.4, 0.5) is 10.5 Å². The number of hydrazine groups is 1. The quantitative estimate of drug-likeness (QED) is 0.774. The highest BCUT2D eigenvalue weighted by Crippen LogP contribution is 2.42. The third kappa shape index (κ3) is 4.06. The highest BCUT2D eigenvalue weighted by atomic mass is 32.2. The minimum Gasteiger partial charge on any atom is -0.346 e. The Labute approximate surface area is 186 Å². The van der Waals surface area contributed by atoms with Gasteiger partial charge < -0.3 is 19.5 Å². The molecule has 5 rings (SSSR count). The van der Waals surface area contributed by atoms with Crippen LogP contribution in [0.15, 0.2) is 58.3 Å². The second-order valence-corrected chi connectivity index (χ2v) is 9.83. The van der Waals surface area contributed by atoms with Crippen LogP contribution in [-0.4, -0.2) is 60.0 Å². The van der Waals surface area contributed by atoms with Crippen LogP contribution in [0.25, 0.3) is 0 Å². The van der Waals surface area contributed by atoms with Crippen LogP contribution in [0.1, 0.15) is 19.4 Å². The van der Waals surface area contributed by atoms with Crippen molar-refractivity contribution >= 4 is 23.5 Å². The van der Waals surface area contributed by atoms with E-state index in [0.717, 1.165) is 10.6 Å². The van der Waals surface area contributed by atoms with Gasteiger partial charge in [0.2, 0.25) is 0 Å². The van der Waals surface area contributed by atoms with Crippen LogP contribution >= 0.6 is 11.8 Å². The molecule has 3 fully saturated rings. The molecule has 3 aliphatic rings. The zero-order chi connectivity index (χ0) is 21.8. The lowest BCUT2D eigenvalue weighted by Gasteiger charge is -2.42. The topological polar surface area (TPSA) is 63.3 Å². The van der Waals surface area contributed by atoms with E-state index in [1.807, 2.05) is 50.2 Å². The van der Waals surface area contributed by atoms with Crippen molar-refractivity contribution in [2.24, 2.45) is 0 Å². The number of carbonyl (C=O) groups excluding carboxylic acids is 1. The van der Waals surface area contributed by atoms with Gasteiger partial charge in [0.15, 0.2) is 12.0 Å². The number of ether oxygens (including phenoxy) is 3. The van der Waals surface area contributed by atoms with Gasteiger partial charge in [0.25, 0.3) is 0 Å². The summed E-state index contributed by atoms with van der Waals surface area (Å²) < 4.78 is 18.1. The Kier molecular flexibility index (Phi) is 5.22. The summed E-state index contributed by atoms with van der Waals surface area (Å²) in [6.45, 7) is 6.43. The normalized spacial score (nSPS) is 29.1. The number of likely N-dealkylation sites (N-methyl/N-ethyl adjacent to an activating group) is 1. The van der Waals surface area contributed by atoms with Gasteiger partial charge >= 0.3 is 6.03 Å². The Bertz CT molecular complexity index is 964. The summed E-state index contributed by atoms with van der Waals surface area (Å²) in [6, 6.07) is 16.0. The molecule has 0 radical (unpaired) electrons. The summed E-state index contributed by atoms with van der Waals surface area (Å²) >= 11 is 1.69. The van der Waals surface area contributed by atoms with Gasteiger partial charge in [-0.05, 0) is 57.2 Å². The van der Waals surface area contributed by atoms with Crippen LogP contribution in [-0.2, 0) is 14.2 Å². The van der Waals surface area contributed by atoms with Gasteiger partial charge in [0, 0.05) is 29.1 Å². The molecule has 3 aliphatic heterocycles. The zero-order valence-electron chi connectivity index (χ0n) is 18.1. The fourth-order valence-electron chi connectivity index (χ4n) is 4.35. The largest absolute Gasteiger partial charge is 0.346 e. The lowest BCUT2D eigenvalue weighted by Crippen LogP contribution is -2.59. The summed E-state index contributed by atoms with van der Waals surface area (Å²) in [5, 5.41) is 6.46. The van der Waals surface area contributed by atoms with Gasteiger partial charge in [0.1, 0.15) is 18.3 Å². The minimum absolute atomic E-state index is 0.107. The van der Waals surface area contributed by atoms with Crippen molar-refractivity contribution in [1.82, 2.24) is 10.0 Å². The lowest BCUT2D eigenvalue weighted by atomic mass is 10.1. The van der Waals surface area contributed by atoms with Crippen LogP contribution in [0.2, 0.25) is 0 Å². The molecule has 3 heterocycles. The van der Waals surface area contributed by atoms with Crippen molar-refractivity contribution in [3.05, 3.63) is 54.1 Å². The predicted molar refractivity (Wildman–Crippen MR) is 118 cm³/mol. The molecule has 2 aromatic carbocycles. The highest BCUT2D eigenvalue weighted by Gasteiger charge is 2.61. The first-order chi connectivity index (χ1) is 14.8. The molecule has 0 spiro atoms. The van der Waals surface area contributed by atoms with Crippen LogP contribution in [0.3, 0.4) is 0 Å². The number of amides is 2. The molecular formula is C23H27N3O4S. The maximum absolute atomic E-state index is 13.1. The van der Waals surface area contributed by atoms with Gasteiger partial charge in [-0.15, -0.1) is 0 Å². The van der Waals surface area contributed by atoms with E-state index in [4.69, 9.17) is 14.2 Å². The van der Waals surface area contributed by atoms with Crippen LogP contribution in [0, 0.1) is 6.92 Å². The third-order valence-corrected chi connectivity index (χ3v) is 6.76. The number of nitrogens with one attached hydrogen (secondary N) is 1. The first kappa shape index (κ1) is 20.8. The predicted octanol–water partition coefficient (Wildman–Crippen LogP) is 4.09. The molecular weight excluding hydrogens is 414 g/mol. The maximum Gasteiger partial charge on any atom is 0.338 e. The molecule has 2 aromatic rings. The molecule has 1 N–H and O–H groups in total. The number of hydrogen-bond donors (Lipinski definition) is 1. The molecule has 31 heavy (non-hydrogen) atoms. The second kappa shape index (κ2) is 7.79. The van der Waals surface area contributed by atoms with E-state index >= 15 is 0 Å². The molecule has 2 amide bonds. The Hall–Kier alpha value is -2.10. The number of rotatable bonds is 3. The number of anilines is 1. The van der Waals surface area contributed by atoms with E-state index in [2.05, 4.69) is 36.5 Å². The Morgan fingerprint density at radius 3 is 2.32 bits per heavy atom. The smallest absolute Gasteiger partial charge is 0.338 e. The van der Waals surface area contributed by atoms with Crippen molar-refractivity contribution in [1.29, 1.82) is 0 Å². The second-order valence-electron chi connectivity index (χ2n) is 8.68. The van der Waals surface area contributed by atoms with Gasteiger partial charge in [-0.25, -0.2) is 14.8 Å². The number of fused-ring (bicyclic) bond motifs is 5. The van der Waals surface area contributed by atoms with Crippen molar-refractivity contribution in [3.8, 4) is 0 Å². The fourth-order valence-corrected chi connectivity index (χ4v) is 5.16. The van der Waals surface area contributed by atoms with Gasteiger partial charge in [-0.1, -0.05) is 29.5 Å². The number of benzene rings is 2. The zero-order valence-corrected chi connectivity index (χ0v) is 18.9. The SMILES string of the molecule is Cc1ccc(Sc2ccc(NC(=O)N3[C@@H]4O[C@H](CN3C)[C@H]3OC(C)(C)O[C@H]34)cc2)cc1. The maximum atomic E-state index is 13.1. The van der Waals surface area contributed by atoms with E-state index in [-0.39, 0.29) is 24.3 Å². The average molecular weight is 442 g/mol. The molecule has 4 atom stereocenters. The van der Waals surface area contributed by atoms with Gasteiger partial charge in [-0.3, -0.25) is 0 Å². The summed E-state index contributed by atoms with van der Waals surface area (Å²) in [4.78, 5) is 15.4. The molecule has 3 saturated heterocycles. The Morgan fingerprint density at radius 1 is 1.03 bits per heavy atom. The van der Waals surface area contributed by atoms with E-state index in [1.54, 1.807) is 16.8 Å². The molecule has 0 aliphatic carbocycles. The van der Waals surface area contributed by atoms with E-state index in [9.17, 15) is 4.79 Å². The van der Waals surface area contributed by atoms with Crippen LogP contribution < -0.4 is 5.32 Å². The lowest BCUT2D eigenvalue weighted by molar-refractivity contribution is -0.247. The average Bonchev–Trinajstić information content (AvgIpc) is 3.17. The molecule has 0 saturated carbocycles. The standard InChI is InChI=1S/C23H27N3O4S/c1-14-5-9-16(10-6-14)31-17-11-7-15(8-12-17)24-22(27)26-21-20-19(29-23(2,3)30-20)18(28-21)13-25(26)4/h5-12,18-21H,13H2,1-4H3,(H,24,27)/t18-,19-,20-,21-/m1/s1. The molecule has 8 heteroatoms. The molecule has 0 unspecified atom stereocenters. The molecule has 164 valence electrons. The van der Waals surface area contributed by atoms with Crippen molar-refractivity contribution in [2.75, 3.05) is 18.9 Å². The number of carbonyl (C=O) groups is 1. The fraction of sp³-hybridized carbons (Fsp3) is 0.435. The van der Waals surface area contributed by atoms with Crippen LogP contribution in [0.5, 0.6) is 0 Å². The third-order valence-electron chi connectivity index (χ3n) is 5.75. The molecule has 7 nitrogen and oxygen atoms in total. The summed E-state index contributed by atoms with van der Waals surface area (Å²) in [7, 11) is 1.88. The monoisotopic (exact) mass is 441 g/mol. The highest BCUT2D eigenvalue weighted by molar-refractivity contribution is 7.99. The van der Waals surface area contributed by atoms with E-state index in [0.29, 0.717) is 6.54 Å². The Balaban J connectivity index is 1.26. The summed E-state index contributed by atoms with van der Waals surface area (Å²) in [5.74, 6) is -0.668. The Morgan fingerprint density at radius 2 is 1.65 bits per heavy atom. The van der Waals surface area contributed by atoms with Crippen molar-refractivity contribution in [2.45, 2.75) is 60.9 Å². The number of aryl methyl sites for hydroxylation is 1. The summed E-state index contributed by atoms with van der Waals surface area (Å²) in [5.41, 5.74) is 1.97. The first-order valence-electron chi connectivity index (χ1n) is 10.5.